The van der Waals surface area contributed by atoms with Gasteiger partial charge in [-0.2, -0.15) is 0 Å². The Bertz CT molecular complexity index is 990. The lowest BCUT2D eigenvalue weighted by atomic mass is 10.1. The number of carbonyl (C=O) groups excluding carboxylic acids is 3. The Hall–Kier alpha value is -3.39. The molecule has 0 spiro atoms. The van der Waals surface area contributed by atoms with E-state index < -0.39 is 6.04 Å². The Morgan fingerprint density at radius 1 is 1.22 bits per heavy atom. The quantitative estimate of drug-likeness (QED) is 0.450. The van der Waals surface area contributed by atoms with E-state index in [2.05, 4.69) is 5.32 Å². The van der Waals surface area contributed by atoms with Gasteiger partial charge in [-0.05, 0) is 49.2 Å². The van der Waals surface area contributed by atoms with Crippen LogP contribution in [0.15, 0.2) is 42.5 Å². The lowest BCUT2D eigenvalue weighted by Gasteiger charge is -2.33. The number of hydrogen-bond donors (Lipinski definition) is 1. The van der Waals surface area contributed by atoms with Crippen molar-refractivity contribution in [2.24, 2.45) is 0 Å². The first-order valence-electron chi connectivity index (χ1n) is 10.5. The van der Waals surface area contributed by atoms with Crippen molar-refractivity contribution in [1.29, 1.82) is 0 Å². The summed E-state index contributed by atoms with van der Waals surface area (Å²) in [7, 11) is 1.54. The number of amides is 2. The standard InChI is InChI=1S/C24H28N2O6/c1-4-17-6-5-7-19(12-17)31-14-21(27)18-8-9-22-20(13-18)26(23(28)15-32-22)16(2)24(29)25-10-11-30-3/h5-9,12-13,16H,4,10-11,14-15H2,1-3H3,(H,25,29)/t16-/m0/s1. The average molecular weight is 440 g/mol. The molecular weight excluding hydrogens is 412 g/mol. The van der Waals surface area contributed by atoms with E-state index in [4.69, 9.17) is 14.2 Å². The highest BCUT2D eigenvalue weighted by molar-refractivity contribution is 6.05. The number of anilines is 1. The van der Waals surface area contributed by atoms with Crippen LogP contribution < -0.4 is 19.7 Å². The molecule has 8 nitrogen and oxygen atoms in total. The van der Waals surface area contributed by atoms with E-state index in [1.807, 2.05) is 25.1 Å². The molecule has 0 bridgehead atoms. The third kappa shape index (κ3) is 5.45. The van der Waals surface area contributed by atoms with Crippen LogP contribution in [0.5, 0.6) is 11.5 Å². The second kappa shape index (κ2) is 10.8. The summed E-state index contributed by atoms with van der Waals surface area (Å²) < 4.78 is 16.1. The van der Waals surface area contributed by atoms with Gasteiger partial charge in [-0.1, -0.05) is 19.1 Å². The van der Waals surface area contributed by atoms with E-state index in [9.17, 15) is 14.4 Å². The molecular formula is C24H28N2O6. The van der Waals surface area contributed by atoms with E-state index in [0.717, 1.165) is 12.0 Å². The molecule has 0 radical (unpaired) electrons. The number of benzene rings is 2. The number of nitrogens with zero attached hydrogens (tertiary/aromatic N) is 1. The van der Waals surface area contributed by atoms with Crippen molar-refractivity contribution in [3.8, 4) is 11.5 Å². The van der Waals surface area contributed by atoms with Gasteiger partial charge in [-0.3, -0.25) is 19.3 Å². The Morgan fingerprint density at radius 3 is 2.78 bits per heavy atom. The van der Waals surface area contributed by atoms with Crippen molar-refractivity contribution in [3.63, 3.8) is 0 Å². The van der Waals surface area contributed by atoms with Crippen molar-refractivity contribution >= 4 is 23.3 Å². The first-order valence-corrected chi connectivity index (χ1v) is 10.5. The molecule has 2 amide bonds. The van der Waals surface area contributed by atoms with Crippen LogP contribution >= 0.6 is 0 Å². The maximum absolute atomic E-state index is 12.8. The third-order valence-electron chi connectivity index (χ3n) is 5.21. The minimum absolute atomic E-state index is 0.145. The van der Waals surface area contributed by atoms with Crippen molar-refractivity contribution in [2.45, 2.75) is 26.3 Å². The summed E-state index contributed by atoms with van der Waals surface area (Å²) in [5.41, 5.74) is 1.87. The first kappa shape index (κ1) is 23.3. The van der Waals surface area contributed by atoms with Crippen molar-refractivity contribution < 1.29 is 28.6 Å². The highest BCUT2D eigenvalue weighted by Gasteiger charge is 2.33. The van der Waals surface area contributed by atoms with Gasteiger partial charge < -0.3 is 19.5 Å². The summed E-state index contributed by atoms with van der Waals surface area (Å²) in [6.07, 6.45) is 0.872. The van der Waals surface area contributed by atoms with Crippen molar-refractivity contribution in [3.05, 3.63) is 53.6 Å². The number of carbonyl (C=O) groups is 3. The monoisotopic (exact) mass is 440 g/mol. The second-order valence-electron chi connectivity index (χ2n) is 7.41. The van der Waals surface area contributed by atoms with Crippen molar-refractivity contribution in [2.75, 3.05) is 38.4 Å². The number of nitrogens with one attached hydrogen (secondary N) is 1. The van der Waals surface area contributed by atoms with Crippen LogP contribution in [0, 0.1) is 0 Å². The number of rotatable bonds is 10. The van der Waals surface area contributed by atoms with E-state index in [1.54, 1.807) is 38.3 Å². The zero-order valence-electron chi connectivity index (χ0n) is 18.6. The predicted octanol–water partition coefficient (Wildman–Crippen LogP) is 2.39. The minimum atomic E-state index is -0.777. The molecule has 32 heavy (non-hydrogen) atoms. The predicted molar refractivity (Wildman–Crippen MR) is 119 cm³/mol. The molecule has 8 heteroatoms. The highest BCUT2D eigenvalue weighted by Crippen LogP contribution is 2.34. The van der Waals surface area contributed by atoms with Gasteiger partial charge in [0.15, 0.2) is 19.0 Å². The smallest absolute Gasteiger partial charge is 0.265 e. The second-order valence-corrected chi connectivity index (χ2v) is 7.41. The molecule has 3 rings (SSSR count). The van der Waals surface area contributed by atoms with Gasteiger partial charge in [0.2, 0.25) is 5.91 Å². The van der Waals surface area contributed by atoms with E-state index in [-0.39, 0.29) is 30.8 Å². The van der Waals surface area contributed by atoms with Crippen LogP contribution in [-0.4, -0.2) is 57.1 Å². The Kier molecular flexibility index (Phi) is 7.83. The Morgan fingerprint density at radius 2 is 2.03 bits per heavy atom. The van der Waals surface area contributed by atoms with Crippen molar-refractivity contribution in [1.82, 2.24) is 5.32 Å². The Balaban J connectivity index is 1.76. The zero-order chi connectivity index (χ0) is 23.1. The number of ketones is 1. The summed E-state index contributed by atoms with van der Waals surface area (Å²) in [5.74, 6) is 0.138. The maximum Gasteiger partial charge on any atom is 0.265 e. The first-order chi connectivity index (χ1) is 15.4. The molecule has 170 valence electrons. The van der Waals surface area contributed by atoms with Gasteiger partial charge in [-0.25, -0.2) is 0 Å². The average Bonchev–Trinajstić information content (AvgIpc) is 2.81. The van der Waals surface area contributed by atoms with Crippen LogP contribution in [0.1, 0.15) is 29.8 Å². The van der Waals surface area contributed by atoms with E-state index in [0.29, 0.717) is 35.9 Å². The fourth-order valence-electron chi connectivity index (χ4n) is 3.40. The van der Waals surface area contributed by atoms with Gasteiger partial charge in [0.25, 0.3) is 5.91 Å². The molecule has 0 aliphatic carbocycles. The molecule has 2 aromatic carbocycles. The van der Waals surface area contributed by atoms with Crippen LogP contribution in [0.2, 0.25) is 0 Å². The third-order valence-corrected chi connectivity index (χ3v) is 5.21. The number of aryl methyl sites for hydroxylation is 1. The van der Waals surface area contributed by atoms with Gasteiger partial charge >= 0.3 is 0 Å². The fourth-order valence-corrected chi connectivity index (χ4v) is 3.40. The summed E-state index contributed by atoms with van der Waals surface area (Å²) in [5, 5.41) is 2.73. The number of Topliss-reactive ketones (excluding diaryl/α,β-unsaturated/α-hetero) is 1. The molecule has 1 N–H and O–H groups in total. The number of ether oxygens (including phenoxy) is 3. The van der Waals surface area contributed by atoms with Crippen LogP contribution in [-0.2, 0) is 20.7 Å². The molecule has 0 unspecified atom stereocenters. The van der Waals surface area contributed by atoms with Crippen LogP contribution in [0.4, 0.5) is 5.69 Å². The number of fused-ring (bicyclic) bond motifs is 1. The molecule has 2 aromatic rings. The molecule has 1 aliphatic rings. The lowest BCUT2D eigenvalue weighted by molar-refractivity contribution is -0.127. The SMILES string of the molecule is CCc1cccc(OCC(=O)c2ccc3c(c2)N([C@@H](C)C(=O)NCCOC)C(=O)CO3)c1. The number of hydrogen-bond acceptors (Lipinski definition) is 6. The number of methoxy groups -OCH3 is 1. The van der Waals surface area contributed by atoms with Gasteiger partial charge in [-0.15, -0.1) is 0 Å². The van der Waals surface area contributed by atoms with E-state index in [1.165, 1.54) is 4.90 Å². The van der Waals surface area contributed by atoms with Gasteiger partial charge in [0.1, 0.15) is 17.5 Å². The summed E-state index contributed by atoms with van der Waals surface area (Å²) in [4.78, 5) is 39.2. The topological polar surface area (TPSA) is 94.2 Å². The molecule has 0 aromatic heterocycles. The highest BCUT2D eigenvalue weighted by atomic mass is 16.5. The largest absolute Gasteiger partial charge is 0.485 e. The molecule has 1 heterocycles. The van der Waals surface area contributed by atoms with Crippen LogP contribution in [0.3, 0.4) is 0 Å². The lowest BCUT2D eigenvalue weighted by Crippen LogP contribution is -2.51. The normalized spacial score (nSPS) is 13.7. The summed E-state index contributed by atoms with van der Waals surface area (Å²) in [6, 6.07) is 11.6. The summed E-state index contributed by atoms with van der Waals surface area (Å²) >= 11 is 0. The minimum Gasteiger partial charge on any atom is -0.485 e. The fraction of sp³-hybridized carbons (Fsp3) is 0.375. The zero-order valence-corrected chi connectivity index (χ0v) is 18.6. The van der Waals surface area contributed by atoms with Gasteiger partial charge in [0.05, 0.1) is 12.3 Å². The maximum atomic E-state index is 12.8. The molecule has 0 saturated heterocycles. The molecule has 0 fully saturated rings. The molecule has 1 aliphatic heterocycles. The molecule has 0 saturated carbocycles. The van der Waals surface area contributed by atoms with E-state index >= 15 is 0 Å². The summed E-state index contributed by atoms with van der Waals surface area (Å²) in [6.45, 7) is 4.06. The van der Waals surface area contributed by atoms with Crippen LogP contribution in [0.25, 0.3) is 0 Å². The Labute approximate surface area is 187 Å². The molecule has 1 atom stereocenters. The van der Waals surface area contributed by atoms with Gasteiger partial charge in [0, 0.05) is 19.2 Å².